The number of furan rings is 2. The van der Waals surface area contributed by atoms with Crippen LogP contribution in [0.3, 0.4) is 0 Å². The highest BCUT2D eigenvalue weighted by molar-refractivity contribution is 6.44. The quantitative estimate of drug-likeness (QED) is 0.0952. The van der Waals surface area contributed by atoms with E-state index in [1.807, 2.05) is 54.6 Å². The van der Waals surface area contributed by atoms with E-state index in [4.69, 9.17) is 53.6 Å². The van der Waals surface area contributed by atoms with Gasteiger partial charge < -0.3 is 24.0 Å². The molecular formula is C134H147Cl3N8O2. The first-order valence-corrected chi connectivity index (χ1v) is 52.8. The Morgan fingerprint density at radius 3 is 0.776 bits per heavy atom. The van der Waals surface area contributed by atoms with E-state index in [0.717, 1.165) is 146 Å². The Morgan fingerprint density at radius 2 is 0.449 bits per heavy atom. The number of anilines is 17. The third-order valence-electron chi connectivity index (χ3n) is 27.9. The molecule has 0 aliphatic heterocycles. The summed E-state index contributed by atoms with van der Waals surface area (Å²) in [7, 11) is 0. The van der Waals surface area contributed by atoms with Gasteiger partial charge in [-0.05, 0) is 280 Å². The molecule has 18 aromatic rings. The van der Waals surface area contributed by atoms with Crippen molar-refractivity contribution in [2.75, 3.05) is 29.8 Å². The van der Waals surface area contributed by atoms with Gasteiger partial charge in [0.05, 0.1) is 43.5 Å². The van der Waals surface area contributed by atoms with Crippen LogP contribution in [0.2, 0.25) is 15.1 Å². The molecule has 0 amide bonds. The zero-order valence-electron chi connectivity index (χ0n) is 91.9. The molecule has 10 nitrogen and oxygen atoms in total. The standard InChI is InChI=1S/C67H73ClN4O.C37H37N3O.C30H37Cl2N/c1-63(2,3)44-26-34-49(35-27-44)70(50-36-28-45(29-37-50)64(4,5)6)56-42-48(67(13,14)15)43-57(61(56)68)72(55-22-18-21-54-53-20-16-17-23-58(53)73-62(54)55)60-25-19-24-59(69-60)71(51-38-30-46(31-39-51)65(7,8)9)52-40-32-47(33-41-52)66(10,11)12;1-36(2,3)25-17-21-27(22-18-25)40(28-23-19-26(20-24-28)37(4,5)6)34-16-10-15-33(39-34)38-31-13-9-12-30-29-11-7-8-14-32(29)41-35(30)31;1-28(2,3)20-10-14-23(15-11-20)33(24-16-12-21(13-17-24)29(4,5)6)26-19-22(30(7,8)9)18-25(31)27(26)32/h16-43H,1-15H3;7-24H,1-6H3,(H,38,39);10-19H,1-9H3. The van der Waals surface area contributed by atoms with Gasteiger partial charge in [-0.1, -0.05) is 412 Å². The molecule has 0 atom stereocenters. The smallest absolute Gasteiger partial charge is 0.159 e. The van der Waals surface area contributed by atoms with Gasteiger partial charge in [-0.2, -0.15) is 0 Å². The normalized spacial score (nSPS) is 12.5. The number of benzene rings is 14. The van der Waals surface area contributed by atoms with Crippen molar-refractivity contribution in [3.05, 3.63) is 410 Å². The third kappa shape index (κ3) is 23.8. The molecule has 4 aromatic heterocycles. The molecule has 1 N–H and O–H groups in total. The van der Waals surface area contributed by atoms with Crippen LogP contribution in [0.5, 0.6) is 0 Å². The Kier molecular flexibility index (Phi) is 29.7. The number of pyridine rings is 2. The molecule has 756 valence electrons. The van der Waals surface area contributed by atoms with E-state index >= 15 is 0 Å². The van der Waals surface area contributed by atoms with Crippen LogP contribution in [0.1, 0.15) is 263 Å². The molecule has 0 spiro atoms. The summed E-state index contributed by atoms with van der Waals surface area (Å²) in [5.41, 5.74) is 28.2. The van der Waals surface area contributed by atoms with Crippen molar-refractivity contribution >= 4 is 176 Å². The SMILES string of the molecule is CC(C)(C)c1ccc(N(c2ccc(C(C)(C)C)cc2)c2cc(C(C)(C)C)cc(Cl)c2Cl)cc1.CC(C)(C)c1ccc(N(c2ccc(C(C)(C)C)cc2)c2cccc(N(c3cc(C(C)(C)C)cc(N(c4ccc(C(C)(C)C)cc4)c4ccc(C(C)(C)C)cc4)c3Cl)c3cccc4c3oc3ccccc34)n2)cc1.CC(C)(C)c1ccc(N(c2ccc(C(C)(C)C)cc2)c2cccc(Nc3cccc4c3oc3ccccc34)n2)cc1. The monoisotopic (exact) mass is 2010 g/mol. The topological polar surface area (TPSA) is 80.3 Å². The summed E-state index contributed by atoms with van der Waals surface area (Å²) in [5.74, 6) is 3.02. The lowest BCUT2D eigenvalue weighted by Gasteiger charge is -2.34. The summed E-state index contributed by atoms with van der Waals surface area (Å²) >= 11 is 21.7. The molecule has 0 saturated heterocycles. The number of nitrogens with zero attached hydrogens (tertiary/aromatic N) is 7. The molecule has 4 heterocycles. The number of aromatic nitrogens is 2. The van der Waals surface area contributed by atoms with Crippen LogP contribution in [0.15, 0.2) is 349 Å². The molecule has 13 heteroatoms. The second-order valence-electron chi connectivity index (χ2n) is 49.6. The van der Waals surface area contributed by atoms with E-state index in [9.17, 15) is 0 Å². The van der Waals surface area contributed by atoms with Crippen molar-refractivity contribution in [3.8, 4) is 0 Å². The Balaban J connectivity index is 0.000000175. The van der Waals surface area contributed by atoms with Crippen molar-refractivity contribution < 1.29 is 8.83 Å². The van der Waals surface area contributed by atoms with Crippen molar-refractivity contribution in [1.82, 2.24) is 9.97 Å². The first kappa shape index (κ1) is 106. The van der Waals surface area contributed by atoms with Crippen LogP contribution in [-0.4, -0.2) is 9.97 Å². The van der Waals surface area contributed by atoms with Gasteiger partial charge in [0.1, 0.15) is 34.4 Å². The van der Waals surface area contributed by atoms with Crippen LogP contribution in [-0.2, 0) is 54.1 Å². The van der Waals surface area contributed by atoms with E-state index in [-0.39, 0.29) is 54.1 Å². The molecule has 18 rings (SSSR count). The second kappa shape index (κ2) is 41.1. The molecule has 0 aliphatic carbocycles. The molecule has 0 bridgehead atoms. The maximum atomic E-state index is 8.20. The van der Waals surface area contributed by atoms with Crippen LogP contribution >= 0.6 is 34.8 Å². The molecule has 0 saturated carbocycles. The second-order valence-corrected chi connectivity index (χ2v) is 50.7. The van der Waals surface area contributed by atoms with Gasteiger partial charge in [0.25, 0.3) is 0 Å². The summed E-state index contributed by atoms with van der Waals surface area (Å²) < 4.78 is 13.1. The fourth-order valence-corrected chi connectivity index (χ4v) is 19.3. The van der Waals surface area contributed by atoms with Crippen LogP contribution in [0.25, 0.3) is 43.9 Å². The first-order chi connectivity index (χ1) is 68.9. The third-order valence-corrected chi connectivity index (χ3v) is 29.0. The molecule has 147 heavy (non-hydrogen) atoms. The summed E-state index contributed by atoms with van der Waals surface area (Å²) in [4.78, 5) is 22.0. The van der Waals surface area contributed by atoms with Gasteiger partial charge in [0, 0.05) is 67.0 Å². The molecule has 0 aliphatic rings. The minimum absolute atomic E-state index is 0.00485. The Morgan fingerprint density at radius 1 is 0.204 bits per heavy atom. The Hall–Kier alpha value is -13.4. The lowest BCUT2D eigenvalue weighted by molar-refractivity contribution is 0.589. The summed E-state index contributed by atoms with van der Waals surface area (Å²) in [6.45, 7) is 67.2. The highest BCUT2D eigenvalue weighted by atomic mass is 35.5. The molecule has 14 aromatic carbocycles. The van der Waals surface area contributed by atoms with E-state index in [0.29, 0.717) is 20.9 Å². The average Bonchev–Trinajstić information content (AvgIpc) is 1.72. The van der Waals surface area contributed by atoms with Crippen LogP contribution < -0.4 is 29.8 Å². The van der Waals surface area contributed by atoms with Crippen molar-refractivity contribution in [2.24, 2.45) is 0 Å². The fraction of sp³-hybridized carbons (Fsp3) is 0.299. The van der Waals surface area contributed by atoms with Crippen molar-refractivity contribution in [3.63, 3.8) is 0 Å². The zero-order valence-corrected chi connectivity index (χ0v) is 94.2. The molecule has 0 fully saturated rings. The van der Waals surface area contributed by atoms with Crippen LogP contribution in [0.4, 0.5) is 97.2 Å². The maximum Gasteiger partial charge on any atom is 0.159 e. The number of hydrogen-bond acceptors (Lipinski definition) is 10. The number of para-hydroxylation sites is 4. The van der Waals surface area contributed by atoms with E-state index in [2.05, 4.69) is 523 Å². The highest BCUT2D eigenvalue weighted by Gasteiger charge is 2.34. The van der Waals surface area contributed by atoms with Crippen molar-refractivity contribution in [2.45, 2.75) is 262 Å². The minimum Gasteiger partial charge on any atom is -0.454 e. The number of fused-ring (bicyclic) bond motifs is 6. The van der Waals surface area contributed by atoms with Gasteiger partial charge in [-0.25, -0.2) is 9.97 Å². The van der Waals surface area contributed by atoms with Gasteiger partial charge in [-0.3, -0.25) is 14.7 Å². The minimum atomic E-state index is -0.284. The Bertz CT molecular complexity index is 7470. The lowest BCUT2D eigenvalue weighted by Crippen LogP contribution is -2.20. The van der Waals surface area contributed by atoms with E-state index in [1.165, 1.54) is 44.5 Å². The van der Waals surface area contributed by atoms with Gasteiger partial charge in [0.15, 0.2) is 11.2 Å². The summed E-state index contributed by atoms with van der Waals surface area (Å²) in [5, 5.41) is 9.48. The lowest BCUT2D eigenvalue weighted by atomic mass is 9.85. The number of hydrogen-bond donors (Lipinski definition) is 1. The molecular weight excluding hydrogens is 1860 g/mol. The van der Waals surface area contributed by atoms with Gasteiger partial charge >= 0.3 is 0 Å². The number of rotatable bonds is 17. The predicted octanol–water partition coefficient (Wildman–Crippen LogP) is 41.7. The number of nitrogens with one attached hydrogen (secondary N) is 1. The van der Waals surface area contributed by atoms with Crippen LogP contribution in [0, 0.1) is 0 Å². The van der Waals surface area contributed by atoms with E-state index < -0.39 is 0 Å². The fourth-order valence-electron chi connectivity index (χ4n) is 18.6. The Labute approximate surface area is 890 Å². The summed E-state index contributed by atoms with van der Waals surface area (Å²) in [6.07, 6.45) is 0. The van der Waals surface area contributed by atoms with Gasteiger partial charge in [-0.15, -0.1) is 0 Å². The predicted molar refractivity (Wildman–Crippen MR) is 635 cm³/mol. The van der Waals surface area contributed by atoms with Gasteiger partial charge in [0.2, 0.25) is 0 Å². The first-order valence-electron chi connectivity index (χ1n) is 51.6. The number of halogens is 3. The zero-order chi connectivity index (χ0) is 106. The summed E-state index contributed by atoms with van der Waals surface area (Å²) in [6, 6.07) is 121. The average molecular weight is 2010 g/mol. The molecule has 0 radical (unpaired) electrons. The van der Waals surface area contributed by atoms with E-state index in [1.54, 1.807) is 0 Å². The largest absolute Gasteiger partial charge is 0.454 e. The molecule has 0 unspecified atom stereocenters. The maximum absolute atomic E-state index is 8.20. The van der Waals surface area contributed by atoms with Crippen molar-refractivity contribution in [1.29, 1.82) is 0 Å². The highest BCUT2D eigenvalue weighted by Crippen LogP contribution is 2.54.